The van der Waals surface area contributed by atoms with Gasteiger partial charge < -0.3 is 5.32 Å². The molecule has 3 rings (SSSR count). The Labute approximate surface area is 137 Å². The number of carbonyl (C=O) groups excluding carboxylic acids is 1. The molecule has 1 aliphatic carbocycles. The second-order valence-electron chi connectivity index (χ2n) is 4.61. The maximum atomic E-state index is 9.87. The Morgan fingerprint density at radius 1 is 1.27 bits per heavy atom. The average molecular weight is 335 g/mol. The minimum Gasteiger partial charge on any atom is -0.313 e. The number of nitrogens with zero attached hydrogens (tertiary/aromatic N) is 3. The molecule has 0 spiro atoms. The zero-order valence-corrected chi connectivity index (χ0v) is 13.0. The molecule has 1 heterocycles. The van der Waals surface area contributed by atoms with Gasteiger partial charge in [-0.05, 0) is 42.5 Å². The van der Waals surface area contributed by atoms with Crippen molar-refractivity contribution in [3.8, 4) is 6.07 Å². The van der Waals surface area contributed by atoms with Gasteiger partial charge in [-0.1, -0.05) is 23.2 Å². The van der Waals surface area contributed by atoms with Crippen molar-refractivity contribution in [2.24, 2.45) is 0 Å². The Hall–Kier alpha value is -2.16. The lowest BCUT2D eigenvalue weighted by Gasteiger charge is -2.00. The molecule has 22 heavy (non-hydrogen) atoms. The lowest BCUT2D eigenvalue weighted by atomic mass is 10.0. The molecule has 7 heteroatoms. The monoisotopic (exact) mass is 334 g/mol. The van der Waals surface area contributed by atoms with Crippen molar-refractivity contribution in [2.45, 2.75) is 18.8 Å². The zero-order chi connectivity index (χ0) is 15.9. The van der Waals surface area contributed by atoms with E-state index < -0.39 is 0 Å². The fourth-order valence-corrected chi connectivity index (χ4v) is 2.17. The summed E-state index contributed by atoms with van der Waals surface area (Å²) in [6.45, 7) is 0. The van der Waals surface area contributed by atoms with Gasteiger partial charge in [0.1, 0.15) is 17.3 Å². The number of amides is 1. The third-order valence-electron chi connectivity index (χ3n) is 2.99. The quantitative estimate of drug-likeness (QED) is 0.684. The van der Waals surface area contributed by atoms with Gasteiger partial charge in [0, 0.05) is 11.1 Å². The van der Waals surface area contributed by atoms with Crippen LogP contribution in [-0.2, 0) is 4.79 Å². The van der Waals surface area contributed by atoms with Crippen LogP contribution in [0.4, 0.5) is 5.82 Å². The van der Waals surface area contributed by atoms with E-state index in [1.807, 2.05) is 6.07 Å². The molecular weight excluding hydrogens is 323 g/mol. The standard InChI is InChI=1S/C10H8ClN.C5H4ClN3O/c11-9-4-3-8(6-12)10(5-9)7-1-2-7;6-4-1-5(9-3-10)8-2-7-4/h3-5,7H,1-2H2;1-3H,(H,7,8,9,10). The van der Waals surface area contributed by atoms with Crippen LogP contribution in [0.15, 0.2) is 30.6 Å². The minimum atomic E-state index is 0.305. The van der Waals surface area contributed by atoms with Crippen molar-refractivity contribution in [1.82, 2.24) is 9.97 Å². The largest absolute Gasteiger partial charge is 0.313 e. The van der Waals surface area contributed by atoms with Crippen molar-refractivity contribution in [2.75, 3.05) is 5.32 Å². The van der Waals surface area contributed by atoms with Crippen LogP contribution in [0.3, 0.4) is 0 Å². The maximum absolute atomic E-state index is 9.87. The van der Waals surface area contributed by atoms with Crippen molar-refractivity contribution < 1.29 is 4.79 Å². The van der Waals surface area contributed by atoms with E-state index in [2.05, 4.69) is 21.4 Å². The normalized spacial score (nSPS) is 12.6. The highest BCUT2D eigenvalue weighted by Crippen LogP contribution is 2.42. The van der Waals surface area contributed by atoms with Crippen molar-refractivity contribution in [1.29, 1.82) is 5.26 Å². The van der Waals surface area contributed by atoms with Crippen molar-refractivity contribution in [3.63, 3.8) is 0 Å². The SMILES string of the molecule is N#Cc1ccc(Cl)cc1C1CC1.O=CNc1cc(Cl)ncn1. The Morgan fingerprint density at radius 3 is 2.64 bits per heavy atom. The van der Waals surface area contributed by atoms with Crippen molar-refractivity contribution >= 4 is 35.4 Å². The van der Waals surface area contributed by atoms with Crippen LogP contribution < -0.4 is 5.32 Å². The summed E-state index contributed by atoms with van der Waals surface area (Å²) in [6.07, 6.45) is 4.21. The molecule has 0 bridgehead atoms. The van der Waals surface area contributed by atoms with E-state index in [4.69, 9.17) is 28.5 Å². The Kier molecular flexibility index (Phi) is 5.70. The molecule has 112 valence electrons. The van der Waals surface area contributed by atoms with E-state index in [1.54, 1.807) is 12.1 Å². The summed E-state index contributed by atoms with van der Waals surface area (Å²) in [5.41, 5.74) is 1.91. The number of benzene rings is 1. The number of rotatable bonds is 3. The highest BCUT2D eigenvalue weighted by Gasteiger charge is 2.26. The molecule has 0 unspecified atom stereocenters. The number of nitriles is 1. The minimum absolute atomic E-state index is 0.305. The topological polar surface area (TPSA) is 78.7 Å². The van der Waals surface area contributed by atoms with Gasteiger partial charge in [-0.3, -0.25) is 4.79 Å². The van der Waals surface area contributed by atoms with E-state index in [0.717, 1.165) is 16.1 Å². The highest BCUT2D eigenvalue weighted by molar-refractivity contribution is 6.30. The summed E-state index contributed by atoms with van der Waals surface area (Å²) in [4.78, 5) is 17.2. The second-order valence-corrected chi connectivity index (χ2v) is 5.43. The number of carbonyl (C=O) groups is 1. The van der Waals surface area contributed by atoms with Crippen LogP contribution >= 0.6 is 23.2 Å². The molecule has 5 nitrogen and oxygen atoms in total. The summed E-state index contributed by atoms with van der Waals surface area (Å²) in [6, 6.07) is 9.13. The van der Waals surface area contributed by atoms with E-state index in [1.165, 1.54) is 25.2 Å². The smallest absolute Gasteiger partial charge is 0.212 e. The van der Waals surface area contributed by atoms with Crippen molar-refractivity contribution in [3.05, 3.63) is 51.9 Å². The molecule has 1 aromatic heterocycles. The fraction of sp³-hybridized carbons (Fsp3) is 0.200. The molecular formula is C15H12Cl2N4O. The number of anilines is 1. The van der Waals surface area contributed by atoms with Crippen LogP contribution in [0.1, 0.15) is 29.9 Å². The first kappa shape index (κ1) is 16.2. The first-order valence-corrected chi connectivity index (χ1v) is 7.27. The molecule has 2 aromatic rings. The first-order valence-electron chi connectivity index (χ1n) is 6.51. The molecule has 0 saturated heterocycles. The summed E-state index contributed by atoms with van der Waals surface area (Å²) < 4.78 is 0. The number of hydrogen-bond acceptors (Lipinski definition) is 4. The predicted octanol–water partition coefficient (Wildman–Crippen LogP) is 3.79. The molecule has 1 amide bonds. The van der Waals surface area contributed by atoms with E-state index in [-0.39, 0.29) is 0 Å². The molecule has 0 aliphatic heterocycles. The number of hydrogen-bond donors (Lipinski definition) is 1. The first-order chi connectivity index (χ1) is 10.6. The van der Waals surface area contributed by atoms with Gasteiger partial charge in [-0.25, -0.2) is 9.97 Å². The summed E-state index contributed by atoms with van der Waals surface area (Å²) in [5.74, 6) is 0.994. The Morgan fingerprint density at radius 2 is 2.05 bits per heavy atom. The van der Waals surface area contributed by atoms with Crippen LogP contribution in [0, 0.1) is 11.3 Å². The van der Waals surface area contributed by atoms with Crippen LogP contribution in [0.5, 0.6) is 0 Å². The van der Waals surface area contributed by atoms with E-state index >= 15 is 0 Å². The van der Waals surface area contributed by atoms with Gasteiger partial charge in [0.15, 0.2) is 0 Å². The van der Waals surface area contributed by atoms with Crippen LogP contribution in [0.25, 0.3) is 0 Å². The Bertz CT molecular complexity index is 711. The predicted molar refractivity (Wildman–Crippen MR) is 84.9 cm³/mol. The number of halogens is 2. The molecule has 1 aromatic carbocycles. The van der Waals surface area contributed by atoms with Gasteiger partial charge >= 0.3 is 0 Å². The van der Waals surface area contributed by atoms with Gasteiger partial charge in [0.25, 0.3) is 0 Å². The summed E-state index contributed by atoms with van der Waals surface area (Å²) >= 11 is 11.3. The number of nitrogens with one attached hydrogen (secondary N) is 1. The lowest BCUT2D eigenvalue weighted by Crippen LogP contribution is -1.96. The molecule has 1 aliphatic rings. The third kappa shape index (κ3) is 4.69. The molecule has 0 atom stereocenters. The van der Waals surface area contributed by atoms with E-state index in [9.17, 15) is 4.79 Å². The number of aromatic nitrogens is 2. The third-order valence-corrected chi connectivity index (χ3v) is 3.43. The van der Waals surface area contributed by atoms with E-state index in [0.29, 0.717) is 23.3 Å². The Balaban J connectivity index is 0.000000164. The molecule has 1 saturated carbocycles. The summed E-state index contributed by atoms with van der Waals surface area (Å²) in [5, 5.41) is 12.2. The van der Waals surface area contributed by atoms with Gasteiger partial charge in [0.05, 0.1) is 11.6 Å². The molecule has 1 fully saturated rings. The molecule has 1 N–H and O–H groups in total. The zero-order valence-electron chi connectivity index (χ0n) is 11.5. The fourth-order valence-electron chi connectivity index (χ4n) is 1.84. The van der Waals surface area contributed by atoms with Crippen LogP contribution in [-0.4, -0.2) is 16.4 Å². The maximum Gasteiger partial charge on any atom is 0.212 e. The highest BCUT2D eigenvalue weighted by atomic mass is 35.5. The lowest BCUT2D eigenvalue weighted by molar-refractivity contribution is -0.105. The molecule has 0 radical (unpaired) electrons. The van der Waals surface area contributed by atoms with Gasteiger partial charge in [-0.15, -0.1) is 0 Å². The summed E-state index contributed by atoms with van der Waals surface area (Å²) in [7, 11) is 0. The average Bonchev–Trinajstić information content (AvgIpc) is 3.33. The van der Waals surface area contributed by atoms with Gasteiger partial charge in [-0.2, -0.15) is 5.26 Å². The second kappa shape index (κ2) is 7.74. The van der Waals surface area contributed by atoms with Crippen LogP contribution in [0.2, 0.25) is 10.2 Å². The van der Waals surface area contributed by atoms with Gasteiger partial charge in [0.2, 0.25) is 6.41 Å².